The molecule has 36 heavy (non-hydrogen) atoms. The van der Waals surface area contributed by atoms with Crippen LogP contribution in [0.5, 0.6) is 0 Å². The Bertz CT molecular complexity index is 1130. The van der Waals surface area contributed by atoms with E-state index in [1.807, 2.05) is 4.98 Å². The van der Waals surface area contributed by atoms with Crippen molar-refractivity contribution < 1.29 is 71.7 Å². The maximum absolute atomic E-state index is 14.1. The number of alkyl halides is 1. The summed E-state index contributed by atoms with van der Waals surface area (Å²) in [5.41, 5.74) is -1.76. The predicted octanol–water partition coefficient (Wildman–Crippen LogP) is -3.82. The Kier molecular flexibility index (Phi) is 9.02. The van der Waals surface area contributed by atoms with Gasteiger partial charge in [0.1, 0.15) is 36.6 Å². The highest BCUT2D eigenvalue weighted by Gasteiger charge is 2.50. The lowest BCUT2D eigenvalue weighted by Gasteiger charge is -2.38. The molecular weight excluding hydrogens is 545 g/mol. The minimum absolute atomic E-state index is 0.711. The number of nitrogens with one attached hydrogen (secondary N) is 1. The molecule has 21 heteroatoms. The van der Waals surface area contributed by atoms with E-state index in [0.29, 0.717) is 4.57 Å². The molecule has 0 radical (unpaired) electrons. The van der Waals surface area contributed by atoms with Gasteiger partial charge in [-0.15, -0.1) is 0 Å². The first-order valence-corrected chi connectivity index (χ1v) is 12.9. The molecule has 2 fully saturated rings. The molecule has 0 bridgehead atoms. The Labute approximate surface area is 199 Å². The van der Waals surface area contributed by atoms with Gasteiger partial charge in [0.15, 0.2) is 12.4 Å². The molecule has 0 spiro atoms. The lowest BCUT2D eigenvalue weighted by atomic mass is 10.0. The lowest BCUT2D eigenvalue weighted by molar-refractivity contribution is -0.265. The normalized spacial score (nSPS) is 38.4. The average Bonchev–Trinajstić information content (AvgIpc) is 3.06. The van der Waals surface area contributed by atoms with Crippen LogP contribution in [0.25, 0.3) is 0 Å². The fraction of sp³-hybridized carbons (Fsp3) is 0.733. The summed E-state index contributed by atoms with van der Waals surface area (Å²) in [4.78, 5) is 44.4. The van der Waals surface area contributed by atoms with Gasteiger partial charge in [-0.25, -0.2) is 18.3 Å². The van der Waals surface area contributed by atoms with Crippen LogP contribution in [0.1, 0.15) is 6.23 Å². The topological polar surface area (TPSA) is 277 Å². The maximum Gasteiger partial charge on any atom is 0.483 e. The van der Waals surface area contributed by atoms with Gasteiger partial charge in [0.2, 0.25) is 6.29 Å². The second kappa shape index (κ2) is 11.1. The smallest absolute Gasteiger partial charge is 0.394 e. The van der Waals surface area contributed by atoms with Crippen LogP contribution in [0.4, 0.5) is 4.39 Å². The van der Waals surface area contributed by atoms with Crippen LogP contribution in [0.3, 0.4) is 0 Å². The van der Waals surface area contributed by atoms with E-state index in [4.69, 9.17) is 14.6 Å². The quantitative estimate of drug-likeness (QED) is 0.133. The van der Waals surface area contributed by atoms with Gasteiger partial charge in [0.25, 0.3) is 5.56 Å². The van der Waals surface area contributed by atoms with Crippen LogP contribution in [-0.2, 0) is 32.0 Å². The van der Waals surface area contributed by atoms with E-state index in [1.54, 1.807) is 0 Å². The molecule has 0 aliphatic carbocycles. The van der Waals surface area contributed by atoms with Gasteiger partial charge >= 0.3 is 21.3 Å². The number of ether oxygens (including phenoxy) is 2. The van der Waals surface area contributed by atoms with Crippen molar-refractivity contribution in [2.24, 2.45) is 0 Å². The summed E-state index contributed by atoms with van der Waals surface area (Å²) < 4.78 is 61.7. The van der Waals surface area contributed by atoms with Crippen LogP contribution < -0.4 is 11.2 Å². The van der Waals surface area contributed by atoms with Crippen molar-refractivity contribution >= 4 is 15.6 Å². The van der Waals surface area contributed by atoms with Crippen molar-refractivity contribution in [1.82, 2.24) is 9.55 Å². The minimum Gasteiger partial charge on any atom is -0.394 e. The summed E-state index contributed by atoms with van der Waals surface area (Å²) in [7, 11) is -11.2. The molecule has 11 atom stereocenters. The van der Waals surface area contributed by atoms with Crippen molar-refractivity contribution in [3.05, 3.63) is 33.1 Å². The van der Waals surface area contributed by atoms with E-state index < -0.39 is 95.4 Å². The monoisotopic (exact) mass is 568 g/mol. The van der Waals surface area contributed by atoms with E-state index in [-0.39, 0.29) is 0 Å². The summed E-state index contributed by atoms with van der Waals surface area (Å²) in [5.74, 6) is 0. The van der Waals surface area contributed by atoms with Crippen LogP contribution in [0, 0.1) is 0 Å². The van der Waals surface area contributed by atoms with E-state index in [2.05, 4.69) is 13.4 Å². The number of aromatic nitrogens is 2. The number of halogens is 1. The zero-order valence-electron chi connectivity index (χ0n) is 17.8. The summed E-state index contributed by atoms with van der Waals surface area (Å²) in [5, 5.41) is 48.5. The van der Waals surface area contributed by atoms with Gasteiger partial charge in [0.05, 0.1) is 13.2 Å². The highest BCUT2D eigenvalue weighted by Crippen LogP contribution is 2.61. The summed E-state index contributed by atoms with van der Waals surface area (Å²) in [6.45, 7) is -2.01. The Hall–Kier alpha value is -1.41. The second-order valence-electron chi connectivity index (χ2n) is 7.63. The molecule has 0 saturated carbocycles. The molecule has 2 saturated heterocycles. The first-order chi connectivity index (χ1) is 16.7. The average molecular weight is 568 g/mol. The van der Waals surface area contributed by atoms with E-state index in [0.717, 1.165) is 12.3 Å². The van der Waals surface area contributed by atoms with Gasteiger partial charge in [0, 0.05) is 12.3 Å². The third kappa shape index (κ3) is 6.53. The molecule has 18 nitrogen and oxygen atoms in total. The maximum atomic E-state index is 14.1. The number of phosphoric ester groups is 2. The molecule has 2 aliphatic rings. The molecular formula is C15H23FN2O16P2. The van der Waals surface area contributed by atoms with E-state index in [1.165, 1.54) is 0 Å². The number of H-pyrrole nitrogens is 1. The molecule has 3 rings (SSSR count). The SMILES string of the molecule is O=c1ccn([C@@H]2O[C@H](COP(=O)(O)OP(=O)(O)OC3O[C@H](CO)[C@@H](O)[C@H](O)[C@H]3F)[C@@H](O)[C@H]2O)c(=O)[nH]1. The van der Waals surface area contributed by atoms with Crippen molar-refractivity contribution in [2.45, 2.75) is 55.3 Å². The predicted molar refractivity (Wildman–Crippen MR) is 108 cm³/mol. The van der Waals surface area contributed by atoms with Crippen LogP contribution >= 0.6 is 15.6 Å². The summed E-state index contributed by atoms with van der Waals surface area (Å²) in [6, 6.07) is 0.919. The number of phosphoric acid groups is 2. The molecule has 0 aromatic carbocycles. The van der Waals surface area contributed by atoms with Gasteiger partial charge in [-0.3, -0.25) is 23.4 Å². The first kappa shape index (κ1) is 29.2. The largest absolute Gasteiger partial charge is 0.483 e. The molecule has 1 aromatic heterocycles. The van der Waals surface area contributed by atoms with E-state index >= 15 is 0 Å². The van der Waals surface area contributed by atoms with Crippen molar-refractivity contribution in [3.63, 3.8) is 0 Å². The Morgan fingerprint density at radius 3 is 2.25 bits per heavy atom. The van der Waals surface area contributed by atoms with Gasteiger partial charge in [-0.2, -0.15) is 4.31 Å². The number of hydrogen-bond donors (Lipinski definition) is 8. The molecule has 3 heterocycles. The molecule has 0 amide bonds. The third-order valence-corrected chi connectivity index (χ3v) is 7.71. The van der Waals surface area contributed by atoms with Crippen LogP contribution in [0.2, 0.25) is 0 Å². The third-order valence-electron chi connectivity index (χ3n) is 5.11. The van der Waals surface area contributed by atoms with Crippen LogP contribution in [0.15, 0.2) is 21.9 Å². The number of rotatable bonds is 9. The minimum atomic E-state index is -5.67. The number of hydrogen-bond acceptors (Lipinski definition) is 14. The van der Waals surface area contributed by atoms with Crippen molar-refractivity contribution in [1.29, 1.82) is 0 Å². The highest BCUT2D eigenvalue weighted by molar-refractivity contribution is 7.61. The highest BCUT2D eigenvalue weighted by atomic mass is 31.3. The summed E-state index contributed by atoms with van der Waals surface area (Å²) in [6.07, 6.45) is -16.6. The molecule has 3 unspecified atom stereocenters. The fourth-order valence-electron chi connectivity index (χ4n) is 3.33. The zero-order valence-corrected chi connectivity index (χ0v) is 19.6. The fourth-order valence-corrected chi connectivity index (χ4v) is 5.48. The van der Waals surface area contributed by atoms with Gasteiger partial charge < -0.3 is 44.8 Å². The molecule has 206 valence electrons. The number of nitrogens with zero attached hydrogens (tertiary/aromatic N) is 1. The number of aliphatic hydroxyl groups excluding tert-OH is 5. The molecule has 2 aliphatic heterocycles. The van der Waals surface area contributed by atoms with Crippen molar-refractivity contribution in [2.75, 3.05) is 13.2 Å². The number of aliphatic hydroxyl groups is 5. The first-order valence-electron chi connectivity index (χ1n) is 9.95. The molecule has 8 N–H and O–H groups in total. The number of aromatic amines is 1. The lowest BCUT2D eigenvalue weighted by Crippen LogP contribution is -2.57. The second-order valence-corrected chi connectivity index (χ2v) is 10.6. The van der Waals surface area contributed by atoms with Gasteiger partial charge in [-0.1, -0.05) is 0 Å². The summed E-state index contributed by atoms with van der Waals surface area (Å²) >= 11 is 0. The Balaban J connectivity index is 1.61. The molecule has 1 aromatic rings. The van der Waals surface area contributed by atoms with Gasteiger partial charge in [-0.05, 0) is 0 Å². The Morgan fingerprint density at radius 1 is 1.00 bits per heavy atom. The van der Waals surface area contributed by atoms with Crippen molar-refractivity contribution in [3.8, 4) is 0 Å². The Morgan fingerprint density at radius 2 is 1.64 bits per heavy atom. The van der Waals surface area contributed by atoms with Crippen LogP contribution in [-0.4, -0.2) is 107 Å². The van der Waals surface area contributed by atoms with E-state index in [9.17, 15) is 53.3 Å². The zero-order chi connectivity index (χ0) is 27.0. The standard InChI is InChI=1S/C15H23FN2O16P2/c16-8-11(23)9(21)5(3-19)32-14(8)33-36(28,29)34-35(26,27)30-4-6-10(22)12(24)13(31-6)18-2-1-7(20)17-15(18)25/h1-2,5-6,8-14,19,21-24H,3-4H2,(H,26,27)(H,28,29)(H,17,20,25)/t5-,6-,8-,9-,10-,11-,12-,13-,14?/m1/s1.